The minimum absolute atomic E-state index is 0.476. The van der Waals surface area contributed by atoms with Crippen LogP contribution in [0.5, 0.6) is 0 Å². The molecule has 3 nitrogen and oxygen atoms in total. The smallest absolute Gasteiger partial charge is 0.126 e. The summed E-state index contributed by atoms with van der Waals surface area (Å²) in [6.45, 7) is 0. The predicted octanol–water partition coefficient (Wildman–Crippen LogP) is 0.401. The second-order valence-corrected chi connectivity index (χ2v) is 3.74. The van der Waals surface area contributed by atoms with Crippen molar-refractivity contribution in [2.24, 2.45) is 17.4 Å². The van der Waals surface area contributed by atoms with Gasteiger partial charge in [0.05, 0.1) is 0 Å². The molecular formula is C9H15N3. The van der Waals surface area contributed by atoms with E-state index < -0.39 is 5.66 Å². The standard InChI is InChI=1S/C9H15N3/c10-8-2-1-5-12-9(8,11)6-7-3-4-7/h1-2,5,7,12H,3-4,6,10-11H2. The first kappa shape index (κ1) is 7.68. The zero-order valence-corrected chi connectivity index (χ0v) is 7.09. The molecule has 0 aromatic heterocycles. The molecule has 12 heavy (non-hydrogen) atoms. The Morgan fingerprint density at radius 2 is 2.33 bits per heavy atom. The summed E-state index contributed by atoms with van der Waals surface area (Å²) in [7, 11) is 0. The molecule has 1 unspecified atom stereocenters. The Morgan fingerprint density at radius 1 is 1.58 bits per heavy atom. The topological polar surface area (TPSA) is 64.1 Å². The van der Waals surface area contributed by atoms with Crippen LogP contribution in [-0.4, -0.2) is 5.66 Å². The molecule has 0 aromatic rings. The van der Waals surface area contributed by atoms with Gasteiger partial charge in [-0.15, -0.1) is 0 Å². The Morgan fingerprint density at radius 3 is 2.92 bits per heavy atom. The van der Waals surface area contributed by atoms with E-state index >= 15 is 0 Å². The van der Waals surface area contributed by atoms with Crippen LogP contribution in [0.15, 0.2) is 24.0 Å². The van der Waals surface area contributed by atoms with Crippen LogP contribution in [0.1, 0.15) is 19.3 Å². The van der Waals surface area contributed by atoms with Crippen molar-refractivity contribution in [3.63, 3.8) is 0 Å². The minimum atomic E-state index is -0.476. The highest BCUT2D eigenvalue weighted by Crippen LogP contribution is 2.36. The molecule has 0 saturated heterocycles. The van der Waals surface area contributed by atoms with Gasteiger partial charge in [-0.3, -0.25) is 0 Å². The number of hydrogen-bond donors (Lipinski definition) is 3. The molecule has 0 spiro atoms. The lowest BCUT2D eigenvalue weighted by molar-refractivity contribution is 0.382. The summed E-state index contributed by atoms with van der Waals surface area (Å²) in [4.78, 5) is 0. The number of nitrogens with one attached hydrogen (secondary N) is 1. The lowest BCUT2D eigenvalue weighted by Gasteiger charge is -2.32. The van der Waals surface area contributed by atoms with Gasteiger partial charge in [0.2, 0.25) is 0 Å². The molecule has 1 aliphatic carbocycles. The zero-order chi connectivity index (χ0) is 8.60. The first-order chi connectivity index (χ1) is 5.71. The van der Waals surface area contributed by atoms with Crippen molar-refractivity contribution in [3.8, 4) is 0 Å². The summed E-state index contributed by atoms with van der Waals surface area (Å²) in [5, 5.41) is 3.12. The van der Waals surface area contributed by atoms with E-state index in [1.165, 1.54) is 12.8 Å². The quantitative estimate of drug-likeness (QED) is 0.555. The van der Waals surface area contributed by atoms with Gasteiger partial charge in [0, 0.05) is 5.70 Å². The first-order valence-corrected chi connectivity index (χ1v) is 4.40. The van der Waals surface area contributed by atoms with E-state index in [0.29, 0.717) is 0 Å². The monoisotopic (exact) mass is 165 g/mol. The number of nitrogens with two attached hydrogens (primary N) is 2. The molecular weight excluding hydrogens is 150 g/mol. The lowest BCUT2D eigenvalue weighted by atomic mass is 9.98. The molecule has 66 valence electrons. The number of allylic oxidation sites excluding steroid dienone is 2. The van der Waals surface area contributed by atoms with Gasteiger partial charge < -0.3 is 16.8 Å². The van der Waals surface area contributed by atoms with Gasteiger partial charge >= 0.3 is 0 Å². The van der Waals surface area contributed by atoms with Gasteiger partial charge in [0.25, 0.3) is 0 Å². The van der Waals surface area contributed by atoms with Crippen molar-refractivity contribution in [2.75, 3.05) is 0 Å². The summed E-state index contributed by atoms with van der Waals surface area (Å²) >= 11 is 0. The second-order valence-electron chi connectivity index (χ2n) is 3.74. The van der Waals surface area contributed by atoms with Gasteiger partial charge in [0.15, 0.2) is 0 Å². The fourth-order valence-corrected chi connectivity index (χ4v) is 1.53. The molecule has 2 aliphatic rings. The summed E-state index contributed by atoms with van der Waals surface area (Å²) in [5.41, 5.74) is 12.2. The third kappa shape index (κ3) is 1.32. The molecule has 0 aromatic carbocycles. The lowest BCUT2D eigenvalue weighted by Crippen LogP contribution is -2.56. The van der Waals surface area contributed by atoms with E-state index in [2.05, 4.69) is 5.32 Å². The van der Waals surface area contributed by atoms with Crippen LogP contribution in [0, 0.1) is 5.92 Å². The highest BCUT2D eigenvalue weighted by molar-refractivity contribution is 5.26. The summed E-state index contributed by atoms with van der Waals surface area (Å²) in [6, 6.07) is 0. The average Bonchev–Trinajstić information content (AvgIpc) is 2.79. The Bertz CT molecular complexity index is 240. The van der Waals surface area contributed by atoms with Crippen LogP contribution in [0.2, 0.25) is 0 Å². The van der Waals surface area contributed by atoms with E-state index in [0.717, 1.165) is 18.0 Å². The van der Waals surface area contributed by atoms with E-state index in [1.807, 2.05) is 18.4 Å². The molecule has 0 bridgehead atoms. The van der Waals surface area contributed by atoms with Gasteiger partial charge in [-0.25, -0.2) is 0 Å². The highest BCUT2D eigenvalue weighted by Gasteiger charge is 2.35. The van der Waals surface area contributed by atoms with Crippen molar-refractivity contribution in [1.29, 1.82) is 0 Å². The fraction of sp³-hybridized carbons (Fsp3) is 0.556. The third-order valence-electron chi connectivity index (χ3n) is 2.54. The predicted molar refractivity (Wildman–Crippen MR) is 48.8 cm³/mol. The van der Waals surface area contributed by atoms with Crippen molar-refractivity contribution in [2.45, 2.75) is 24.9 Å². The van der Waals surface area contributed by atoms with Gasteiger partial charge in [-0.05, 0) is 30.7 Å². The van der Waals surface area contributed by atoms with Crippen LogP contribution in [-0.2, 0) is 0 Å². The summed E-state index contributed by atoms with van der Waals surface area (Å²) < 4.78 is 0. The molecule has 1 heterocycles. The fourth-order valence-electron chi connectivity index (χ4n) is 1.53. The van der Waals surface area contributed by atoms with Gasteiger partial charge in [0.1, 0.15) is 5.66 Å². The average molecular weight is 165 g/mol. The maximum Gasteiger partial charge on any atom is 0.126 e. The molecule has 1 atom stereocenters. The van der Waals surface area contributed by atoms with Crippen LogP contribution >= 0.6 is 0 Å². The maximum absolute atomic E-state index is 6.09. The van der Waals surface area contributed by atoms with Crippen LogP contribution in [0.25, 0.3) is 0 Å². The van der Waals surface area contributed by atoms with Gasteiger partial charge in [-0.1, -0.05) is 12.8 Å². The normalized spacial score (nSPS) is 34.2. The Labute approximate surface area is 72.5 Å². The Kier molecular flexibility index (Phi) is 1.61. The SMILES string of the molecule is NC1=CC=CNC1(N)CC1CC1. The number of hydrogen-bond acceptors (Lipinski definition) is 3. The minimum Gasteiger partial charge on any atom is -0.399 e. The Balaban J connectivity index is 2.07. The zero-order valence-electron chi connectivity index (χ0n) is 7.09. The molecule has 3 heteroatoms. The van der Waals surface area contributed by atoms with E-state index in [4.69, 9.17) is 11.5 Å². The first-order valence-electron chi connectivity index (χ1n) is 4.40. The molecule has 1 fully saturated rings. The molecule has 5 N–H and O–H groups in total. The van der Waals surface area contributed by atoms with Crippen molar-refractivity contribution < 1.29 is 0 Å². The maximum atomic E-state index is 6.09. The van der Waals surface area contributed by atoms with Crippen molar-refractivity contribution in [3.05, 3.63) is 24.0 Å². The molecule has 2 rings (SSSR count). The largest absolute Gasteiger partial charge is 0.399 e. The van der Waals surface area contributed by atoms with Crippen molar-refractivity contribution >= 4 is 0 Å². The van der Waals surface area contributed by atoms with E-state index in [1.54, 1.807) is 0 Å². The summed E-state index contributed by atoms with van der Waals surface area (Å²) in [5.74, 6) is 0.779. The Hall–Kier alpha value is -0.960. The van der Waals surface area contributed by atoms with Crippen LogP contribution in [0.3, 0.4) is 0 Å². The van der Waals surface area contributed by atoms with E-state index in [-0.39, 0.29) is 0 Å². The van der Waals surface area contributed by atoms with Crippen LogP contribution in [0.4, 0.5) is 0 Å². The van der Waals surface area contributed by atoms with Gasteiger partial charge in [-0.2, -0.15) is 0 Å². The molecule has 1 saturated carbocycles. The second kappa shape index (κ2) is 2.52. The molecule has 0 amide bonds. The number of rotatable bonds is 2. The van der Waals surface area contributed by atoms with Crippen LogP contribution < -0.4 is 16.8 Å². The van der Waals surface area contributed by atoms with Crippen molar-refractivity contribution in [1.82, 2.24) is 5.32 Å². The summed E-state index contributed by atoms with van der Waals surface area (Å²) in [6.07, 6.45) is 9.18. The third-order valence-corrected chi connectivity index (χ3v) is 2.54. The highest BCUT2D eigenvalue weighted by atomic mass is 15.1. The molecule has 1 aliphatic heterocycles. The number of dihydropyridines is 1. The van der Waals surface area contributed by atoms with E-state index in [9.17, 15) is 0 Å². The molecule has 0 radical (unpaired) electrons.